The van der Waals surface area contributed by atoms with Crippen LogP contribution in [-0.4, -0.2) is 31.4 Å². The summed E-state index contributed by atoms with van der Waals surface area (Å²) >= 11 is 14.7. The summed E-state index contributed by atoms with van der Waals surface area (Å²) in [5.74, 6) is 0.692. The zero-order valence-electron chi connectivity index (χ0n) is 65.8. The summed E-state index contributed by atoms with van der Waals surface area (Å²) in [6, 6.07) is 145. The van der Waals surface area contributed by atoms with Crippen molar-refractivity contribution in [3.63, 3.8) is 0 Å². The molecule has 0 fully saturated rings. The Morgan fingerprint density at radius 1 is 0.268 bits per heavy atom. The standard InChI is InChI=1S/C46H28N2S.C28H18N2.C18H11BrS.C12H8BO2S.C6H4BrI/c1-2-14-31(15-3-1)47-40-25-24-29-12-4-5-17-33(29)45(40)38-27-37-35-18-6-8-21-39(35)48(41(37)28-42(38)47)32-16-10-13-30(26-32)34-20-11-23-44-46(34)36-19-7-9-22-43(36)49-44;1-2-9-19(10-3-1)30-26-15-14-18-8-4-5-11-20(18)28(26)23-16-22-21-12-6-7-13-24(21)29-25(22)17-27(23)30;19-13-6-3-5-12(11-13)14-8-4-10-17-18(14)15-7-1-2-9-16(15)20-17;14-13-15-9-5-3-7-11-12(9)8-4-1-2-6-10(8)16-11;7-5-2-1-3-6(8)4-5/h1-28H;1-17,29H;1-11H;1-7,14H;1-4H. The van der Waals surface area contributed by atoms with Gasteiger partial charge in [-0.2, -0.15) is 0 Å². The molecule has 19 aromatic carbocycles. The van der Waals surface area contributed by atoms with Crippen molar-refractivity contribution in [1.82, 2.24) is 18.7 Å². The number of thiophene rings is 3. The zero-order chi connectivity index (χ0) is 82.2. The summed E-state index contributed by atoms with van der Waals surface area (Å²) in [6.07, 6.45) is 0. The molecule has 6 nitrogen and oxygen atoms in total. The highest BCUT2D eigenvalue weighted by atomic mass is 127. The fourth-order valence-electron chi connectivity index (χ4n) is 18.2. The summed E-state index contributed by atoms with van der Waals surface area (Å²) < 4.78 is 23.7. The van der Waals surface area contributed by atoms with Gasteiger partial charge in [-0.15, -0.1) is 34.0 Å². The van der Waals surface area contributed by atoms with Gasteiger partial charge in [0.15, 0.2) is 0 Å². The lowest BCUT2D eigenvalue weighted by molar-refractivity contribution is 0.457. The molecule has 0 saturated heterocycles. The Bertz CT molecular complexity index is 8600. The van der Waals surface area contributed by atoms with Crippen LogP contribution < -0.4 is 4.65 Å². The molecular formula is C110H69BBr2IN4O2S3. The van der Waals surface area contributed by atoms with Crippen LogP contribution in [0.2, 0.25) is 0 Å². The zero-order valence-corrected chi connectivity index (χ0v) is 73.6. The molecule has 7 heterocycles. The minimum absolute atomic E-state index is 0.692. The molecule has 0 unspecified atom stereocenters. The molecule has 2 N–H and O–H groups in total. The highest BCUT2D eigenvalue weighted by Gasteiger charge is 2.23. The Labute approximate surface area is 750 Å². The number of hydrogen-bond acceptors (Lipinski definition) is 5. The van der Waals surface area contributed by atoms with E-state index in [0.717, 1.165) is 33.4 Å². The van der Waals surface area contributed by atoms with E-state index in [9.17, 15) is 0 Å². The van der Waals surface area contributed by atoms with E-state index >= 15 is 0 Å². The maximum atomic E-state index is 8.74. The highest BCUT2D eigenvalue weighted by molar-refractivity contribution is 14.1. The largest absolute Gasteiger partial charge is 0.569 e. The second-order valence-corrected chi connectivity index (χ2v) is 36.9. The molecule has 7 aromatic heterocycles. The first-order chi connectivity index (χ1) is 60.7. The Balaban J connectivity index is 0.000000103. The maximum Gasteiger partial charge on any atom is 0.569 e. The molecule has 26 aromatic rings. The highest BCUT2D eigenvalue weighted by Crippen LogP contribution is 2.48. The van der Waals surface area contributed by atoms with Gasteiger partial charge in [0.2, 0.25) is 0 Å². The number of aromatic nitrogens is 4. The van der Waals surface area contributed by atoms with Gasteiger partial charge >= 0.3 is 7.69 Å². The molecule has 0 spiro atoms. The third-order valence-electron chi connectivity index (χ3n) is 23.4. The lowest BCUT2D eigenvalue weighted by Crippen LogP contribution is -1.99. The second-order valence-electron chi connectivity index (χ2n) is 30.5. The van der Waals surface area contributed by atoms with Gasteiger partial charge in [-0.3, -0.25) is 0 Å². The van der Waals surface area contributed by atoms with Gasteiger partial charge in [0, 0.05) is 144 Å². The Hall–Kier alpha value is -12.9. The van der Waals surface area contributed by atoms with Crippen molar-refractivity contribution in [3.8, 4) is 45.1 Å². The SMILES string of the molecule is Brc1cccc(-c2cccc3sc4ccccc4c23)c1.Brc1cccc(I)c1.O[B]Oc1cccc2sc3ccccc3c12.c1ccc(-n2c3cc4[nH]c5ccccc5c4cc3c3c4ccccc4ccc32)cc1.c1ccc(-n2c3cc4c(cc3c3c5ccccc5ccc32)c2ccccc2n4-c2cccc(-c3cccc4sc5ccccc5c34)c2)cc1. The molecule has 26 rings (SSSR count). The molecule has 0 aliphatic heterocycles. The minimum Gasteiger partial charge on any atom is -0.537 e. The molecular weight excluding hydrogens is 1800 g/mol. The summed E-state index contributed by atoms with van der Waals surface area (Å²) in [6.45, 7) is 0. The van der Waals surface area contributed by atoms with Crippen molar-refractivity contribution < 1.29 is 9.68 Å². The number of fused-ring (bicyclic) bond motifs is 25. The van der Waals surface area contributed by atoms with E-state index in [-0.39, 0.29) is 0 Å². The van der Waals surface area contributed by atoms with Crippen LogP contribution in [0, 0.1) is 3.57 Å². The van der Waals surface area contributed by atoms with Gasteiger partial charge in [0.05, 0.1) is 33.1 Å². The molecule has 0 bridgehead atoms. The molecule has 583 valence electrons. The summed E-state index contributed by atoms with van der Waals surface area (Å²) in [5.41, 5.74) is 18.2. The quantitative estimate of drug-likeness (QED) is 0.123. The van der Waals surface area contributed by atoms with Gasteiger partial charge in [-0.1, -0.05) is 281 Å². The number of benzene rings is 19. The summed E-state index contributed by atoms with van der Waals surface area (Å²) in [4.78, 5) is 3.62. The molecule has 0 aliphatic carbocycles. The monoisotopic (exact) mass is 1870 g/mol. The molecule has 13 heteroatoms. The predicted octanol–water partition coefficient (Wildman–Crippen LogP) is 33.1. The molecule has 0 atom stereocenters. The molecule has 0 aliphatic rings. The van der Waals surface area contributed by atoms with Crippen LogP contribution >= 0.6 is 88.5 Å². The third kappa shape index (κ3) is 13.8. The first-order valence-electron chi connectivity index (χ1n) is 40.7. The van der Waals surface area contributed by atoms with Crippen molar-refractivity contribution in [2.75, 3.05) is 0 Å². The third-order valence-corrected chi connectivity index (χ3v) is 28.5. The van der Waals surface area contributed by atoms with Crippen molar-refractivity contribution in [2.24, 2.45) is 0 Å². The van der Waals surface area contributed by atoms with Gasteiger partial charge in [0.25, 0.3) is 0 Å². The second kappa shape index (κ2) is 32.5. The van der Waals surface area contributed by atoms with Gasteiger partial charge in [-0.25, -0.2) is 0 Å². The lowest BCUT2D eigenvalue weighted by Gasteiger charge is -2.12. The normalized spacial score (nSPS) is 11.6. The van der Waals surface area contributed by atoms with Crippen LogP contribution in [0.3, 0.4) is 0 Å². The van der Waals surface area contributed by atoms with Crippen LogP contribution in [0.15, 0.2) is 415 Å². The first kappa shape index (κ1) is 76.2. The molecule has 1 radical (unpaired) electrons. The summed E-state index contributed by atoms with van der Waals surface area (Å²) in [7, 11) is 0.723. The average Bonchev–Trinajstić information content (AvgIpc) is 1.55. The molecule has 0 saturated carbocycles. The van der Waals surface area contributed by atoms with Crippen molar-refractivity contribution in [3.05, 3.63) is 419 Å². The van der Waals surface area contributed by atoms with E-state index in [2.05, 4.69) is 443 Å². The number of nitrogens with zero attached hydrogens (tertiary/aromatic N) is 3. The number of aromatic amines is 1. The number of para-hydroxylation sites is 4. The minimum atomic E-state index is 0.692. The Morgan fingerprint density at radius 3 is 1.25 bits per heavy atom. The Morgan fingerprint density at radius 2 is 0.691 bits per heavy atom. The van der Waals surface area contributed by atoms with Gasteiger partial charge < -0.3 is 28.4 Å². The van der Waals surface area contributed by atoms with E-state index < -0.39 is 0 Å². The van der Waals surface area contributed by atoms with Crippen LogP contribution in [0.4, 0.5) is 0 Å². The number of hydrogen-bond donors (Lipinski definition) is 2. The van der Waals surface area contributed by atoms with Crippen molar-refractivity contribution in [1.29, 1.82) is 0 Å². The topological polar surface area (TPSA) is 60.0 Å². The van der Waals surface area contributed by atoms with Crippen LogP contribution in [0.25, 0.3) is 209 Å². The van der Waals surface area contributed by atoms with E-state index in [1.165, 1.54) is 195 Å². The van der Waals surface area contributed by atoms with E-state index in [0.29, 0.717) is 5.75 Å². The maximum absolute atomic E-state index is 8.74. The van der Waals surface area contributed by atoms with Gasteiger partial charge in [-0.05, 0) is 224 Å². The van der Waals surface area contributed by atoms with Crippen molar-refractivity contribution >= 4 is 265 Å². The first-order valence-corrected chi connectivity index (χ1v) is 45.8. The fraction of sp³-hybridized carbons (Fsp3) is 0. The predicted molar refractivity (Wildman–Crippen MR) is 546 cm³/mol. The Kier molecular flexibility index (Phi) is 20.1. The van der Waals surface area contributed by atoms with Crippen LogP contribution in [-0.2, 0) is 0 Å². The fourth-order valence-corrected chi connectivity index (χ4v) is 23.4. The lowest BCUT2D eigenvalue weighted by atomic mass is 9.99. The van der Waals surface area contributed by atoms with Crippen molar-refractivity contribution in [2.45, 2.75) is 0 Å². The average molecular weight is 1870 g/mol. The number of nitrogens with one attached hydrogen (secondary N) is 1. The van der Waals surface area contributed by atoms with E-state index in [4.69, 9.17) is 9.68 Å². The smallest absolute Gasteiger partial charge is 0.537 e. The molecule has 0 amide bonds. The van der Waals surface area contributed by atoms with E-state index in [1.807, 2.05) is 59.1 Å². The van der Waals surface area contributed by atoms with E-state index in [1.54, 1.807) is 11.3 Å². The van der Waals surface area contributed by atoms with Crippen LogP contribution in [0.5, 0.6) is 5.75 Å². The summed E-state index contributed by atoms with van der Waals surface area (Å²) in [5, 5.41) is 31.7. The molecule has 123 heavy (non-hydrogen) atoms. The number of halogens is 3. The number of rotatable bonds is 7. The van der Waals surface area contributed by atoms with Gasteiger partial charge in [0.1, 0.15) is 5.75 Å². The van der Waals surface area contributed by atoms with Crippen LogP contribution in [0.1, 0.15) is 0 Å². The number of H-pyrrole nitrogens is 1.